The second-order valence-corrected chi connectivity index (χ2v) is 5.36. The zero-order valence-corrected chi connectivity index (χ0v) is 11.6. The molecule has 4 rings (SSSR count). The molecule has 0 amide bonds. The van der Waals surface area contributed by atoms with Crippen LogP contribution in [0.2, 0.25) is 0 Å². The Hall–Kier alpha value is -2.82. The minimum Gasteiger partial charge on any atom is -0.438 e. The van der Waals surface area contributed by atoms with Gasteiger partial charge >= 0.3 is 5.63 Å². The average Bonchev–Trinajstić information content (AvgIpc) is 2.96. The fourth-order valence-electron chi connectivity index (χ4n) is 3.13. The van der Waals surface area contributed by atoms with Crippen molar-refractivity contribution < 1.29 is 14.4 Å². The standard InChI is InChI=1S/C17H13NO4/c19-17-14-13(10-6-2-1-3-7-10)16(18-20)22-15(14)11-8-4-5-9-12(11)21-17/h1-6,8-10,13,20H,7H2/b18-16+/t10?,13-/m0/s1. The van der Waals surface area contributed by atoms with Gasteiger partial charge in [0.2, 0.25) is 5.90 Å². The van der Waals surface area contributed by atoms with Gasteiger partial charge in [-0.3, -0.25) is 0 Å². The van der Waals surface area contributed by atoms with E-state index in [4.69, 9.17) is 9.15 Å². The van der Waals surface area contributed by atoms with E-state index in [9.17, 15) is 10.0 Å². The van der Waals surface area contributed by atoms with Crippen molar-refractivity contribution in [2.24, 2.45) is 11.1 Å². The van der Waals surface area contributed by atoms with E-state index in [2.05, 4.69) is 5.16 Å². The maximum Gasteiger partial charge on any atom is 0.344 e. The van der Waals surface area contributed by atoms with Gasteiger partial charge in [0.25, 0.3) is 0 Å². The quantitative estimate of drug-likeness (QED) is 0.498. The van der Waals surface area contributed by atoms with Gasteiger partial charge in [0.05, 0.1) is 16.9 Å². The van der Waals surface area contributed by atoms with Gasteiger partial charge in [0.1, 0.15) is 5.58 Å². The molecular weight excluding hydrogens is 282 g/mol. The molecule has 1 aliphatic carbocycles. The number of benzene rings is 1. The van der Waals surface area contributed by atoms with Gasteiger partial charge in [-0.15, -0.1) is 0 Å². The highest BCUT2D eigenvalue weighted by molar-refractivity contribution is 5.97. The number of allylic oxidation sites excluding steroid dienone is 4. The SMILES string of the molecule is O=c1oc2ccccc2c2c1[C@H](C1C=CC=CC1)/C(=N\O)O2. The van der Waals surface area contributed by atoms with Gasteiger partial charge in [-0.05, 0) is 24.5 Å². The Morgan fingerprint density at radius 1 is 1.23 bits per heavy atom. The first-order valence-electron chi connectivity index (χ1n) is 7.08. The highest BCUT2D eigenvalue weighted by atomic mass is 16.5. The first-order valence-corrected chi connectivity index (χ1v) is 7.08. The summed E-state index contributed by atoms with van der Waals surface area (Å²) >= 11 is 0. The lowest BCUT2D eigenvalue weighted by atomic mass is 9.83. The topological polar surface area (TPSA) is 72.0 Å². The fourth-order valence-corrected chi connectivity index (χ4v) is 3.13. The Labute approximate surface area is 125 Å². The number of nitrogens with zero attached hydrogens (tertiary/aromatic N) is 1. The Morgan fingerprint density at radius 3 is 2.86 bits per heavy atom. The van der Waals surface area contributed by atoms with E-state index in [0.717, 1.165) is 6.42 Å². The Balaban J connectivity index is 1.96. The van der Waals surface area contributed by atoms with E-state index < -0.39 is 11.5 Å². The summed E-state index contributed by atoms with van der Waals surface area (Å²) in [5, 5.41) is 13.3. The molecule has 2 aliphatic rings. The number of oxime groups is 1. The highest BCUT2D eigenvalue weighted by Gasteiger charge is 2.41. The summed E-state index contributed by atoms with van der Waals surface area (Å²) in [6.45, 7) is 0. The number of rotatable bonds is 1. The Bertz CT molecular complexity index is 891. The van der Waals surface area contributed by atoms with Crippen LogP contribution in [0, 0.1) is 5.92 Å². The monoisotopic (exact) mass is 295 g/mol. The van der Waals surface area contributed by atoms with Gasteiger partial charge in [-0.2, -0.15) is 0 Å². The lowest BCUT2D eigenvalue weighted by Gasteiger charge is -2.18. The first-order chi connectivity index (χ1) is 10.8. The van der Waals surface area contributed by atoms with Crippen LogP contribution >= 0.6 is 0 Å². The molecule has 1 N–H and O–H groups in total. The van der Waals surface area contributed by atoms with E-state index in [1.165, 1.54) is 0 Å². The molecule has 2 aromatic rings. The van der Waals surface area contributed by atoms with Crippen LogP contribution in [0.4, 0.5) is 0 Å². The molecule has 0 spiro atoms. The van der Waals surface area contributed by atoms with Crippen molar-refractivity contribution in [2.75, 3.05) is 0 Å². The number of hydrogen-bond donors (Lipinski definition) is 1. The molecule has 110 valence electrons. The van der Waals surface area contributed by atoms with Crippen molar-refractivity contribution in [2.45, 2.75) is 12.3 Å². The molecule has 0 bridgehead atoms. The Morgan fingerprint density at radius 2 is 2.09 bits per heavy atom. The van der Waals surface area contributed by atoms with Crippen LogP contribution in [0.1, 0.15) is 17.9 Å². The highest BCUT2D eigenvalue weighted by Crippen LogP contribution is 2.43. The van der Waals surface area contributed by atoms with Gasteiger partial charge < -0.3 is 14.4 Å². The van der Waals surface area contributed by atoms with Crippen LogP contribution in [-0.4, -0.2) is 11.1 Å². The maximum absolute atomic E-state index is 12.4. The first kappa shape index (κ1) is 12.9. The third-order valence-corrected chi connectivity index (χ3v) is 4.12. The van der Waals surface area contributed by atoms with Gasteiger partial charge in [0.15, 0.2) is 5.75 Å². The van der Waals surface area contributed by atoms with E-state index in [0.29, 0.717) is 22.3 Å². The summed E-state index contributed by atoms with van der Waals surface area (Å²) in [5.74, 6) is 0.152. The molecular formula is C17H13NO4. The van der Waals surface area contributed by atoms with Crippen molar-refractivity contribution in [1.82, 2.24) is 0 Å². The van der Waals surface area contributed by atoms with E-state index >= 15 is 0 Å². The van der Waals surface area contributed by atoms with Crippen LogP contribution in [0.3, 0.4) is 0 Å². The van der Waals surface area contributed by atoms with Crippen LogP contribution in [-0.2, 0) is 0 Å². The molecule has 0 saturated heterocycles. The number of hydrogen-bond acceptors (Lipinski definition) is 5. The van der Waals surface area contributed by atoms with Crippen LogP contribution in [0.15, 0.2) is 62.9 Å². The molecule has 0 fully saturated rings. The summed E-state index contributed by atoms with van der Waals surface area (Å²) in [5.41, 5.74) is 0.444. The number of para-hydroxylation sites is 1. The van der Waals surface area contributed by atoms with Gasteiger partial charge in [0, 0.05) is 0 Å². The predicted molar refractivity (Wildman–Crippen MR) is 81.5 cm³/mol. The fraction of sp³-hybridized carbons (Fsp3) is 0.176. The summed E-state index contributed by atoms with van der Waals surface area (Å²) in [4.78, 5) is 12.4. The van der Waals surface area contributed by atoms with Crippen molar-refractivity contribution >= 4 is 16.9 Å². The van der Waals surface area contributed by atoms with Crippen LogP contribution < -0.4 is 10.4 Å². The summed E-state index contributed by atoms with van der Waals surface area (Å²) in [6, 6.07) is 7.18. The van der Waals surface area contributed by atoms with E-state index in [1.807, 2.05) is 36.4 Å². The molecule has 1 aromatic heterocycles. The van der Waals surface area contributed by atoms with Crippen molar-refractivity contribution in [3.05, 3.63) is 64.6 Å². The molecule has 1 aromatic carbocycles. The van der Waals surface area contributed by atoms with Crippen molar-refractivity contribution in [1.29, 1.82) is 0 Å². The minimum atomic E-state index is -0.444. The lowest BCUT2D eigenvalue weighted by molar-refractivity contribution is 0.300. The molecule has 0 radical (unpaired) electrons. The van der Waals surface area contributed by atoms with Crippen molar-refractivity contribution in [3.8, 4) is 5.75 Å². The van der Waals surface area contributed by atoms with Crippen LogP contribution in [0.25, 0.3) is 11.0 Å². The van der Waals surface area contributed by atoms with E-state index in [1.54, 1.807) is 12.1 Å². The zero-order chi connectivity index (χ0) is 15.1. The second-order valence-electron chi connectivity index (χ2n) is 5.36. The zero-order valence-electron chi connectivity index (χ0n) is 11.6. The number of fused-ring (bicyclic) bond motifs is 3. The maximum atomic E-state index is 12.4. The smallest absolute Gasteiger partial charge is 0.344 e. The molecule has 2 atom stereocenters. The largest absolute Gasteiger partial charge is 0.438 e. The van der Waals surface area contributed by atoms with Gasteiger partial charge in [-0.1, -0.05) is 41.6 Å². The van der Waals surface area contributed by atoms with E-state index in [-0.39, 0.29) is 11.8 Å². The molecule has 22 heavy (non-hydrogen) atoms. The molecule has 2 heterocycles. The predicted octanol–water partition coefficient (Wildman–Crippen LogP) is 3.19. The third kappa shape index (κ3) is 1.79. The normalized spacial score (nSPS) is 24.6. The average molecular weight is 295 g/mol. The summed E-state index contributed by atoms with van der Waals surface area (Å²) in [7, 11) is 0. The summed E-state index contributed by atoms with van der Waals surface area (Å²) < 4.78 is 11.1. The molecule has 0 saturated carbocycles. The van der Waals surface area contributed by atoms with Crippen molar-refractivity contribution in [3.63, 3.8) is 0 Å². The lowest BCUT2D eigenvalue weighted by Crippen LogP contribution is -2.22. The molecule has 1 unspecified atom stereocenters. The second kappa shape index (κ2) is 4.87. The summed E-state index contributed by atoms with van der Waals surface area (Å²) in [6.07, 6.45) is 8.62. The molecule has 5 heteroatoms. The minimum absolute atomic E-state index is 0.00112. The molecule has 1 aliphatic heterocycles. The molecule has 5 nitrogen and oxygen atoms in total. The van der Waals surface area contributed by atoms with Crippen LogP contribution in [0.5, 0.6) is 5.75 Å². The third-order valence-electron chi connectivity index (χ3n) is 4.12. The Kier molecular flexibility index (Phi) is 2.85. The van der Waals surface area contributed by atoms with Gasteiger partial charge in [-0.25, -0.2) is 4.79 Å². The number of ether oxygens (including phenoxy) is 1.